The number of rotatable bonds is 1. The first kappa shape index (κ1) is 8.05. The molecule has 4 atom stereocenters. The molecule has 3 rings (SSSR count). The zero-order valence-corrected chi connectivity index (χ0v) is 8.26. The topological polar surface area (TPSA) is 17.1 Å². The third-order valence-electron chi connectivity index (χ3n) is 4.26. The molecule has 1 nitrogen and oxygen atoms in total. The Labute approximate surface area is 83.1 Å². The number of carbonyl (C=O) groups excluding carboxylic acids is 1. The van der Waals surface area contributed by atoms with E-state index in [1.807, 2.05) is 0 Å². The lowest BCUT2D eigenvalue weighted by Crippen LogP contribution is -2.16. The minimum absolute atomic E-state index is 0.214. The molecular formula is C11H13ClO. The van der Waals surface area contributed by atoms with Crippen molar-refractivity contribution in [2.45, 2.75) is 25.7 Å². The summed E-state index contributed by atoms with van der Waals surface area (Å²) in [5.74, 6) is 3.26. The van der Waals surface area contributed by atoms with E-state index in [0.29, 0.717) is 5.92 Å². The fourth-order valence-corrected chi connectivity index (χ4v) is 3.86. The summed E-state index contributed by atoms with van der Waals surface area (Å²) in [7, 11) is 0. The first-order chi connectivity index (χ1) is 6.25. The van der Waals surface area contributed by atoms with Crippen molar-refractivity contribution >= 4 is 16.8 Å². The Morgan fingerprint density at radius 3 is 2.85 bits per heavy atom. The average molecular weight is 197 g/mol. The zero-order chi connectivity index (χ0) is 9.00. The largest absolute Gasteiger partial charge is 0.276 e. The molecule has 0 radical (unpaired) electrons. The van der Waals surface area contributed by atoms with Crippen molar-refractivity contribution in [1.29, 1.82) is 0 Å². The highest BCUT2D eigenvalue weighted by Gasteiger charge is 2.49. The van der Waals surface area contributed by atoms with Gasteiger partial charge in [-0.25, -0.2) is 0 Å². The highest BCUT2D eigenvalue weighted by atomic mass is 35.5. The molecule has 0 amide bonds. The summed E-state index contributed by atoms with van der Waals surface area (Å²) >= 11 is 5.50. The predicted molar refractivity (Wildman–Crippen MR) is 51.4 cm³/mol. The van der Waals surface area contributed by atoms with Crippen molar-refractivity contribution in [2.75, 3.05) is 0 Å². The smallest absolute Gasteiger partial charge is 0.248 e. The highest BCUT2D eigenvalue weighted by Crippen LogP contribution is 2.57. The molecule has 2 fully saturated rings. The third kappa shape index (κ3) is 1.03. The summed E-state index contributed by atoms with van der Waals surface area (Å²) in [6.45, 7) is 0. The van der Waals surface area contributed by atoms with Gasteiger partial charge in [-0.2, -0.15) is 0 Å². The van der Waals surface area contributed by atoms with Crippen LogP contribution in [-0.2, 0) is 4.79 Å². The van der Waals surface area contributed by atoms with Gasteiger partial charge < -0.3 is 0 Å². The monoisotopic (exact) mass is 196 g/mol. The van der Waals surface area contributed by atoms with Crippen molar-refractivity contribution in [1.82, 2.24) is 0 Å². The Morgan fingerprint density at radius 2 is 2.15 bits per heavy atom. The Morgan fingerprint density at radius 1 is 1.38 bits per heavy atom. The molecule has 0 heterocycles. The molecular weight excluding hydrogens is 184 g/mol. The van der Waals surface area contributed by atoms with Crippen LogP contribution >= 0.6 is 11.6 Å². The average Bonchev–Trinajstić information content (AvgIpc) is 2.76. The molecule has 0 aromatic heterocycles. The molecule has 0 saturated heterocycles. The van der Waals surface area contributed by atoms with E-state index in [9.17, 15) is 4.79 Å². The predicted octanol–water partition coefficient (Wildman–Crippen LogP) is 2.74. The molecule has 70 valence electrons. The van der Waals surface area contributed by atoms with Crippen LogP contribution in [0.5, 0.6) is 0 Å². The fraction of sp³-hybridized carbons (Fsp3) is 0.727. The number of hydrogen-bond acceptors (Lipinski definition) is 1. The van der Waals surface area contributed by atoms with Crippen LogP contribution in [0.25, 0.3) is 0 Å². The lowest BCUT2D eigenvalue weighted by Gasteiger charge is -2.23. The molecule has 13 heavy (non-hydrogen) atoms. The quantitative estimate of drug-likeness (QED) is 0.590. The van der Waals surface area contributed by atoms with Crippen molar-refractivity contribution in [3.8, 4) is 0 Å². The summed E-state index contributed by atoms with van der Waals surface area (Å²) in [5, 5.41) is -0.214. The lowest BCUT2D eigenvalue weighted by molar-refractivity contribution is -0.108. The van der Waals surface area contributed by atoms with Gasteiger partial charge in [-0.05, 0) is 61.0 Å². The van der Waals surface area contributed by atoms with E-state index in [2.05, 4.69) is 6.08 Å². The second kappa shape index (κ2) is 2.60. The van der Waals surface area contributed by atoms with Gasteiger partial charge in [0.25, 0.3) is 0 Å². The minimum Gasteiger partial charge on any atom is -0.276 e. The van der Waals surface area contributed by atoms with Gasteiger partial charge in [0.15, 0.2) is 0 Å². The fourth-order valence-electron chi connectivity index (χ4n) is 3.72. The summed E-state index contributed by atoms with van der Waals surface area (Å²) in [6.07, 6.45) is 7.32. The highest BCUT2D eigenvalue weighted by molar-refractivity contribution is 6.67. The van der Waals surface area contributed by atoms with Gasteiger partial charge >= 0.3 is 0 Å². The number of carbonyl (C=O) groups is 1. The molecule has 0 aliphatic heterocycles. The Hall–Kier alpha value is -0.300. The van der Waals surface area contributed by atoms with Crippen LogP contribution in [-0.4, -0.2) is 5.24 Å². The second-order valence-electron chi connectivity index (χ2n) is 4.74. The zero-order valence-electron chi connectivity index (χ0n) is 7.50. The van der Waals surface area contributed by atoms with E-state index < -0.39 is 0 Å². The van der Waals surface area contributed by atoms with E-state index >= 15 is 0 Å². The van der Waals surface area contributed by atoms with E-state index in [-0.39, 0.29) is 5.24 Å². The molecule has 2 heteroatoms. The first-order valence-corrected chi connectivity index (χ1v) is 5.54. The van der Waals surface area contributed by atoms with Crippen LogP contribution in [0, 0.1) is 23.7 Å². The van der Waals surface area contributed by atoms with Crippen LogP contribution in [0.1, 0.15) is 25.7 Å². The SMILES string of the molecule is O=C(Cl)C1=CC2C3CCC(C3)C2C1. The van der Waals surface area contributed by atoms with Gasteiger partial charge in [-0.3, -0.25) is 4.79 Å². The van der Waals surface area contributed by atoms with Crippen LogP contribution < -0.4 is 0 Å². The summed E-state index contributed by atoms with van der Waals surface area (Å²) < 4.78 is 0. The Kier molecular flexibility index (Phi) is 1.61. The van der Waals surface area contributed by atoms with E-state index in [1.54, 1.807) is 0 Å². The van der Waals surface area contributed by atoms with Crippen molar-refractivity contribution in [3.63, 3.8) is 0 Å². The van der Waals surface area contributed by atoms with Crippen molar-refractivity contribution in [2.24, 2.45) is 23.7 Å². The summed E-state index contributed by atoms with van der Waals surface area (Å²) in [4.78, 5) is 11.0. The standard InChI is InChI=1S/C11H13ClO/c12-11(13)8-4-9-6-1-2-7(3-6)10(9)5-8/h4,6-7,9-10H,1-3,5H2. The van der Waals surface area contributed by atoms with Gasteiger partial charge in [0, 0.05) is 5.57 Å². The summed E-state index contributed by atoms with van der Waals surface area (Å²) in [6, 6.07) is 0. The van der Waals surface area contributed by atoms with E-state index in [4.69, 9.17) is 11.6 Å². The molecule has 0 aromatic rings. The maximum atomic E-state index is 11.0. The van der Waals surface area contributed by atoms with E-state index in [0.717, 1.165) is 29.7 Å². The molecule has 0 spiro atoms. The molecule has 2 bridgehead atoms. The number of fused-ring (bicyclic) bond motifs is 5. The van der Waals surface area contributed by atoms with Crippen LogP contribution in [0.4, 0.5) is 0 Å². The molecule has 0 N–H and O–H groups in total. The van der Waals surface area contributed by atoms with Gasteiger partial charge in [0.05, 0.1) is 0 Å². The maximum Gasteiger partial charge on any atom is 0.248 e. The third-order valence-corrected chi connectivity index (χ3v) is 4.50. The molecule has 3 aliphatic rings. The number of allylic oxidation sites excluding steroid dienone is 2. The Bertz CT molecular complexity index is 294. The second-order valence-corrected chi connectivity index (χ2v) is 5.09. The Balaban J connectivity index is 1.88. The van der Waals surface area contributed by atoms with Crippen molar-refractivity contribution in [3.05, 3.63) is 11.6 Å². The molecule has 2 saturated carbocycles. The number of hydrogen-bond donors (Lipinski definition) is 0. The van der Waals surface area contributed by atoms with E-state index in [1.165, 1.54) is 19.3 Å². The van der Waals surface area contributed by atoms with Gasteiger partial charge in [0.1, 0.15) is 0 Å². The minimum atomic E-state index is -0.214. The van der Waals surface area contributed by atoms with Crippen LogP contribution in [0.15, 0.2) is 11.6 Å². The van der Waals surface area contributed by atoms with Crippen LogP contribution in [0.3, 0.4) is 0 Å². The summed E-state index contributed by atoms with van der Waals surface area (Å²) in [5.41, 5.74) is 0.897. The lowest BCUT2D eigenvalue weighted by atomic mass is 9.81. The van der Waals surface area contributed by atoms with Gasteiger partial charge in [-0.1, -0.05) is 6.08 Å². The van der Waals surface area contributed by atoms with Gasteiger partial charge in [-0.15, -0.1) is 0 Å². The number of halogens is 1. The molecule has 4 unspecified atom stereocenters. The first-order valence-electron chi connectivity index (χ1n) is 5.16. The molecule has 0 aromatic carbocycles. The van der Waals surface area contributed by atoms with Crippen molar-refractivity contribution < 1.29 is 4.79 Å². The maximum absolute atomic E-state index is 11.0. The molecule has 3 aliphatic carbocycles. The van der Waals surface area contributed by atoms with Crippen LogP contribution in [0.2, 0.25) is 0 Å². The van der Waals surface area contributed by atoms with Gasteiger partial charge in [0.2, 0.25) is 5.24 Å². The normalized spacial score (nSPS) is 46.4.